The predicted molar refractivity (Wildman–Crippen MR) is 103 cm³/mol. The number of nitrogens with zero attached hydrogens (tertiary/aromatic N) is 4. The molecule has 0 radical (unpaired) electrons. The van der Waals surface area contributed by atoms with Gasteiger partial charge in [0.1, 0.15) is 6.10 Å². The van der Waals surface area contributed by atoms with Crippen molar-refractivity contribution in [2.45, 2.75) is 12.6 Å². The monoisotopic (exact) mass is 425 g/mol. The first-order chi connectivity index (χ1) is 12.1. The van der Waals surface area contributed by atoms with E-state index in [0.717, 1.165) is 39.7 Å². The molecule has 8 heteroatoms. The first-order valence-electron chi connectivity index (χ1n) is 8.06. The molecule has 2 aromatic rings. The number of hydrogen-bond donors (Lipinski definition) is 1. The minimum Gasteiger partial charge on any atom is -0.370 e. The van der Waals surface area contributed by atoms with Gasteiger partial charge in [0.25, 0.3) is 0 Å². The number of rotatable bonds is 3. The van der Waals surface area contributed by atoms with E-state index in [2.05, 4.69) is 36.2 Å². The largest absolute Gasteiger partial charge is 0.370 e. The fourth-order valence-electron chi connectivity index (χ4n) is 2.82. The smallest absolute Gasteiger partial charge is 0.194 e. The molecule has 3 rings (SSSR count). The Morgan fingerprint density at radius 3 is 3.04 bits per heavy atom. The lowest BCUT2D eigenvalue weighted by molar-refractivity contribution is -0.00805. The standard InChI is InChI=1S/C17H21BrClN5O/c1-20-17(21-8-12-3-4-14(18)7-15(12)19)24-5-6-25-16(11-24)13-9-22-23(2)10-13/h3-4,7,9-10,16H,5-6,8,11H2,1-2H3,(H,20,21). The first kappa shape index (κ1) is 18.2. The highest BCUT2D eigenvalue weighted by Gasteiger charge is 2.25. The Bertz CT molecular complexity index is 763. The molecule has 1 unspecified atom stereocenters. The van der Waals surface area contributed by atoms with E-state index in [9.17, 15) is 0 Å². The molecule has 1 N–H and O–H groups in total. The Kier molecular flexibility index (Phi) is 5.98. The minimum atomic E-state index is -0.00253. The van der Waals surface area contributed by atoms with Crippen molar-refractivity contribution in [3.8, 4) is 0 Å². The topological polar surface area (TPSA) is 54.7 Å². The summed E-state index contributed by atoms with van der Waals surface area (Å²) < 4.78 is 8.66. The lowest BCUT2D eigenvalue weighted by Gasteiger charge is -2.34. The van der Waals surface area contributed by atoms with Crippen molar-refractivity contribution in [1.82, 2.24) is 20.0 Å². The van der Waals surface area contributed by atoms with E-state index in [1.165, 1.54) is 0 Å². The SMILES string of the molecule is CN=C(NCc1ccc(Br)cc1Cl)N1CCOC(c2cnn(C)c2)C1. The molecule has 1 aromatic carbocycles. The lowest BCUT2D eigenvalue weighted by Crippen LogP contribution is -2.47. The number of aryl methyl sites for hydroxylation is 1. The van der Waals surface area contributed by atoms with Gasteiger partial charge in [-0.05, 0) is 17.7 Å². The van der Waals surface area contributed by atoms with E-state index in [4.69, 9.17) is 16.3 Å². The number of benzene rings is 1. The van der Waals surface area contributed by atoms with Crippen molar-refractivity contribution in [2.24, 2.45) is 12.0 Å². The minimum absolute atomic E-state index is 0.00253. The molecule has 2 heterocycles. The van der Waals surface area contributed by atoms with Gasteiger partial charge in [0.05, 0.1) is 19.3 Å². The maximum atomic E-state index is 6.29. The average molecular weight is 427 g/mol. The number of ether oxygens (including phenoxy) is 1. The van der Waals surface area contributed by atoms with Gasteiger partial charge in [-0.1, -0.05) is 33.6 Å². The summed E-state index contributed by atoms with van der Waals surface area (Å²) in [5, 5.41) is 8.35. The first-order valence-corrected chi connectivity index (χ1v) is 9.23. The average Bonchev–Trinajstić information content (AvgIpc) is 3.04. The number of aliphatic imine (C=N–C) groups is 1. The quantitative estimate of drug-likeness (QED) is 0.605. The molecular weight excluding hydrogens is 406 g/mol. The van der Waals surface area contributed by atoms with E-state index in [1.54, 1.807) is 11.7 Å². The maximum Gasteiger partial charge on any atom is 0.194 e. The Labute approximate surface area is 160 Å². The van der Waals surface area contributed by atoms with E-state index in [0.29, 0.717) is 13.2 Å². The predicted octanol–water partition coefficient (Wildman–Crippen LogP) is 2.98. The molecule has 134 valence electrons. The van der Waals surface area contributed by atoms with Crippen molar-refractivity contribution in [3.05, 3.63) is 51.2 Å². The number of nitrogens with one attached hydrogen (secondary N) is 1. The molecule has 0 aliphatic carbocycles. The van der Waals surface area contributed by atoms with Crippen LogP contribution in [-0.2, 0) is 18.3 Å². The van der Waals surface area contributed by atoms with E-state index < -0.39 is 0 Å². The second-order valence-electron chi connectivity index (χ2n) is 5.89. The lowest BCUT2D eigenvalue weighted by atomic mass is 10.1. The molecule has 25 heavy (non-hydrogen) atoms. The van der Waals surface area contributed by atoms with Crippen molar-refractivity contribution in [3.63, 3.8) is 0 Å². The zero-order valence-electron chi connectivity index (χ0n) is 14.2. The third-order valence-corrected chi connectivity index (χ3v) is 4.97. The van der Waals surface area contributed by atoms with Gasteiger partial charge in [-0.2, -0.15) is 5.10 Å². The molecule has 1 aromatic heterocycles. The van der Waals surface area contributed by atoms with Gasteiger partial charge in [0.15, 0.2) is 5.96 Å². The highest BCUT2D eigenvalue weighted by molar-refractivity contribution is 9.10. The summed E-state index contributed by atoms with van der Waals surface area (Å²) in [6.45, 7) is 2.80. The Morgan fingerprint density at radius 2 is 2.36 bits per heavy atom. The van der Waals surface area contributed by atoms with Crippen LogP contribution in [0.2, 0.25) is 5.02 Å². The summed E-state index contributed by atoms with van der Waals surface area (Å²) in [7, 11) is 3.70. The van der Waals surface area contributed by atoms with Gasteiger partial charge in [0.2, 0.25) is 0 Å². The Balaban J connectivity index is 1.64. The number of morpholine rings is 1. The molecule has 0 bridgehead atoms. The van der Waals surface area contributed by atoms with Crippen LogP contribution in [0.4, 0.5) is 0 Å². The summed E-state index contributed by atoms with van der Waals surface area (Å²) >= 11 is 9.72. The zero-order valence-corrected chi connectivity index (χ0v) is 16.6. The zero-order chi connectivity index (χ0) is 17.8. The second kappa shape index (κ2) is 8.21. The number of hydrogen-bond acceptors (Lipinski definition) is 3. The van der Waals surface area contributed by atoms with Gasteiger partial charge >= 0.3 is 0 Å². The maximum absolute atomic E-state index is 6.29. The molecule has 6 nitrogen and oxygen atoms in total. The summed E-state index contributed by atoms with van der Waals surface area (Å²) in [5.41, 5.74) is 2.11. The van der Waals surface area contributed by atoms with Crippen LogP contribution in [0.3, 0.4) is 0 Å². The highest BCUT2D eigenvalue weighted by Crippen LogP contribution is 2.23. The van der Waals surface area contributed by atoms with E-state index in [-0.39, 0.29) is 6.10 Å². The molecule has 1 saturated heterocycles. The van der Waals surface area contributed by atoms with Gasteiger partial charge in [0, 0.05) is 48.4 Å². The highest BCUT2D eigenvalue weighted by atomic mass is 79.9. The van der Waals surface area contributed by atoms with Crippen LogP contribution in [0.1, 0.15) is 17.2 Å². The summed E-state index contributed by atoms with van der Waals surface area (Å²) in [6, 6.07) is 5.89. The van der Waals surface area contributed by atoms with E-state index >= 15 is 0 Å². The number of guanidine groups is 1. The van der Waals surface area contributed by atoms with Crippen molar-refractivity contribution < 1.29 is 4.74 Å². The fraction of sp³-hybridized carbons (Fsp3) is 0.412. The van der Waals surface area contributed by atoms with E-state index in [1.807, 2.05) is 37.6 Å². The summed E-state index contributed by atoms with van der Waals surface area (Å²) in [4.78, 5) is 6.61. The molecule has 1 fully saturated rings. The molecule has 0 saturated carbocycles. The van der Waals surface area contributed by atoms with Gasteiger partial charge in [-0.25, -0.2) is 0 Å². The molecule has 1 aliphatic heterocycles. The van der Waals surface area contributed by atoms with Crippen LogP contribution >= 0.6 is 27.5 Å². The van der Waals surface area contributed by atoms with Crippen molar-refractivity contribution >= 4 is 33.5 Å². The molecular formula is C17H21BrClN5O. The van der Waals surface area contributed by atoms with Crippen molar-refractivity contribution in [1.29, 1.82) is 0 Å². The summed E-state index contributed by atoms with van der Waals surface area (Å²) in [5.74, 6) is 0.844. The molecule has 1 atom stereocenters. The van der Waals surface area contributed by atoms with Gasteiger partial charge < -0.3 is 15.0 Å². The van der Waals surface area contributed by atoms with Crippen LogP contribution in [0, 0.1) is 0 Å². The molecule has 1 aliphatic rings. The van der Waals surface area contributed by atoms with Gasteiger partial charge in [-0.3, -0.25) is 9.67 Å². The fourth-order valence-corrected chi connectivity index (χ4v) is 3.56. The normalized spacial score (nSPS) is 18.5. The number of halogens is 2. The number of aromatic nitrogens is 2. The molecule has 0 spiro atoms. The third kappa shape index (κ3) is 4.54. The van der Waals surface area contributed by atoms with Crippen LogP contribution < -0.4 is 5.32 Å². The summed E-state index contributed by atoms with van der Waals surface area (Å²) in [6.07, 6.45) is 3.84. The Hall–Kier alpha value is -1.57. The second-order valence-corrected chi connectivity index (χ2v) is 7.21. The van der Waals surface area contributed by atoms with Gasteiger partial charge in [-0.15, -0.1) is 0 Å². The van der Waals surface area contributed by atoms with Crippen LogP contribution in [0.5, 0.6) is 0 Å². The Morgan fingerprint density at radius 1 is 1.52 bits per heavy atom. The van der Waals surface area contributed by atoms with Crippen molar-refractivity contribution in [2.75, 3.05) is 26.7 Å². The third-order valence-electron chi connectivity index (χ3n) is 4.13. The van der Waals surface area contributed by atoms with Crippen LogP contribution in [0.25, 0.3) is 0 Å². The van der Waals surface area contributed by atoms with Crippen LogP contribution in [-0.4, -0.2) is 47.4 Å². The molecule has 0 amide bonds. The van der Waals surface area contributed by atoms with Crippen LogP contribution in [0.15, 0.2) is 40.1 Å².